The summed E-state index contributed by atoms with van der Waals surface area (Å²) in [6.07, 6.45) is 1.61. The fourth-order valence-electron chi connectivity index (χ4n) is 2.23. The van der Waals surface area contributed by atoms with Gasteiger partial charge in [-0.1, -0.05) is 12.1 Å². The monoisotopic (exact) mass is 261 g/mol. The molecule has 0 aliphatic carbocycles. The van der Waals surface area contributed by atoms with Gasteiger partial charge in [-0.3, -0.25) is 9.59 Å². The number of carbonyl (C=O) groups excluding carboxylic acids is 2. The van der Waals surface area contributed by atoms with Crippen molar-refractivity contribution < 1.29 is 9.59 Å². The van der Waals surface area contributed by atoms with E-state index in [2.05, 4.69) is 10.6 Å². The molecule has 5 heteroatoms. The van der Waals surface area contributed by atoms with Gasteiger partial charge < -0.3 is 16.4 Å². The summed E-state index contributed by atoms with van der Waals surface area (Å²) < 4.78 is 0. The maximum atomic E-state index is 11.8. The first-order chi connectivity index (χ1) is 9.16. The molecule has 19 heavy (non-hydrogen) atoms. The van der Waals surface area contributed by atoms with Crippen molar-refractivity contribution >= 4 is 11.8 Å². The van der Waals surface area contributed by atoms with Gasteiger partial charge in [0.15, 0.2) is 0 Å². The molecule has 1 fully saturated rings. The van der Waals surface area contributed by atoms with Crippen LogP contribution in [0.5, 0.6) is 0 Å². The SMILES string of the molecule is NC(=O)c1cccc(CCNC(=O)C2CCNC2)c1. The maximum absolute atomic E-state index is 11.8. The second-order valence-electron chi connectivity index (χ2n) is 4.80. The third-order valence-electron chi connectivity index (χ3n) is 3.36. The number of primary amides is 1. The van der Waals surface area contributed by atoms with Crippen LogP contribution in [-0.2, 0) is 11.2 Å². The Morgan fingerprint density at radius 1 is 1.42 bits per heavy atom. The summed E-state index contributed by atoms with van der Waals surface area (Å²) in [6.45, 7) is 2.26. The molecular formula is C14H19N3O2. The average molecular weight is 261 g/mol. The molecule has 1 atom stereocenters. The van der Waals surface area contributed by atoms with Crippen molar-refractivity contribution in [1.82, 2.24) is 10.6 Å². The van der Waals surface area contributed by atoms with Gasteiger partial charge in [-0.05, 0) is 37.1 Å². The quantitative estimate of drug-likeness (QED) is 0.700. The first kappa shape index (κ1) is 13.5. The second kappa shape index (κ2) is 6.33. The number of nitrogens with one attached hydrogen (secondary N) is 2. The molecule has 1 aromatic rings. The smallest absolute Gasteiger partial charge is 0.248 e. The zero-order valence-corrected chi connectivity index (χ0v) is 10.8. The van der Waals surface area contributed by atoms with Crippen molar-refractivity contribution in [3.8, 4) is 0 Å². The van der Waals surface area contributed by atoms with Crippen LogP contribution in [0.4, 0.5) is 0 Å². The molecular weight excluding hydrogens is 242 g/mol. The highest BCUT2D eigenvalue weighted by Gasteiger charge is 2.21. The summed E-state index contributed by atoms with van der Waals surface area (Å²) in [5.74, 6) is -0.226. The molecule has 0 radical (unpaired) electrons. The summed E-state index contributed by atoms with van der Waals surface area (Å²) in [7, 11) is 0. The third-order valence-corrected chi connectivity index (χ3v) is 3.36. The molecule has 1 saturated heterocycles. The van der Waals surface area contributed by atoms with Crippen LogP contribution in [0.1, 0.15) is 22.3 Å². The van der Waals surface area contributed by atoms with Crippen molar-refractivity contribution in [1.29, 1.82) is 0 Å². The highest BCUT2D eigenvalue weighted by Crippen LogP contribution is 2.08. The van der Waals surface area contributed by atoms with Crippen molar-refractivity contribution in [2.75, 3.05) is 19.6 Å². The van der Waals surface area contributed by atoms with Crippen LogP contribution in [0, 0.1) is 5.92 Å². The molecule has 0 spiro atoms. The van der Waals surface area contributed by atoms with E-state index in [-0.39, 0.29) is 11.8 Å². The lowest BCUT2D eigenvalue weighted by molar-refractivity contribution is -0.124. The van der Waals surface area contributed by atoms with Crippen LogP contribution >= 0.6 is 0 Å². The standard InChI is InChI=1S/C14H19N3O2/c15-13(18)11-3-1-2-10(8-11)4-7-17-14(19)12-5-6-16-9-12/h1-3,8,12,16H,4-7,9H2,(H2,15,18)(H,17,19). The number of nitrogens with two attached hydrogens (primary N) is 1. The highest BCUT2D eigenvalue weighted by atomic mass is 16.2. The molecule has 0 aromatic heterocycles. The summed E-state index contributed by atoms with van der Waals surface area (Å²) in [6, 6.07) is 7.19. The summed E-state index contributed by atoms with van der Waals surface area (Å²) in [4.78, 5) is 22.8. The number of carbonyl (C=O) groups is 2. The fraction of sp³-hybridized carbons (Fsp3) is 0.429. The van der Waals surface area contributed by atoms with Crippen molar-refractivity contribution in [2.45, 2.75) is 12.8 Å². The minimum atomic E-state index is -0.428. The zero-order valence-electron chi connectivity index (χ0n) is 10.8. The van der Waals surface area contributed by atoms with Crippen molar-refractivity contribution in [3.05, 3.63) is 35.4 Å². The summed E-state index contributed by atoms with van der Waals surface area (Å²) in [5.41, 5.74) is 6.73. The zero-order chi connectivity index (χ0) is 13.7. The van der Waals surface area contributed by atoms with Crippen LogP contribution in [0.15, 0.2) is 24.3 Å². The van der Waals surface area contributed by atoms with Crippen LogP contribution < -0.4 is 16.4 Å². The van der Waals surface area contributed by atoms with E-state index in [9.17, 15) is 9.59 Å². The maximum Gasteiger partial charge on any atom is 0.248 e. The summed E-state index contributed by atoms with van der Waals surface area (Å²) in [5, 5.41) is 6.10. The number of rotatable bonds is 5. The Morgan fingerprint density at radius 3 is 2.95 bits per heavy atom. The van der Waals surface area contributed by atoms with Crippen LogP contribution in [0.3, 0.4) is 0 Å². The van der Waals surface area contributed by atoms with Gasteiger partial charge in [0.2, 0.25) is 11.8 Å². The average Bonchev–Trinajstić information content (AvgIpc) is 2.93. The number of hydrogen-bond donors (Lipinski definition) is 3. The summed E-state index contributed by atoms with van der Waals surface area (Å²) >= 11 is 0. The van der Waals surface area contributed by atoms with E-state index in [0.29, 0.717) is 18.5 Å². The van der Waals surface area contributed by atoms with Gasteiger partial charge in [0.1, 0.15) is 0 Å². The second-order valence-corrected chi connectivity index (χ2v) is 4.80. The van der Waals surface area contributed by atoms with Gasteiger partial charge in [0.05, 0.1) is 5.92 Å². The fourth-order valence-corrected chi connectivity index (χ4v) is 2.23. The molecule has 5 nitrogen and oxygen atoms in total. The largest absolute Gasteiger partial charge is 0.366 e. The molecule has 4 N–H and O–H groups in total. The predicted octanol–water partition coefficient (Wildman–Crippen LogP) is 0.0537. The van der Waals surface area contributed by atoms with E-state index in [0.717, 1.165) is 25.1 Å². The minimum Gasteiger partial charge on any atom is -0.366 e. The molecule has 0 saturated carbocycles. The topological polar surface area (TPSA) is 84.2 Å². The van der Waals surface area contributed by atoms with E-state index < -0.39 is 5.91 Å². The van der Waals surface area contributed by atoms with Crippen LogP contribution in [0.25, 0.3) is 0 Å². The number of benzene rings is 1. The minimum absolute atomic E-state index is 0.0944. The van der Waals surface area contributed by atoms with E-state index >= 15 is 0 Å². The van der Waals surface area contributed by atoms with Gasteiger partial charge in [-0.25, -0.2) is 0 Å². The lowest BCUT2D eigenvalue weighted by Gasteiger charge is -2.10. The molecule has 2 rings (SSSR count). The molecule has 1 aliphatic heterocycles. The van der Waals surface area contributed by atoms with Gasteiger partial charge in [0, 0.05) is 18.7 Å². The van der Waals surface area contributed by atoms with E-state index in [1.165, 1.54) is 0 Å². The van der Waals surface area contributed by atoms with E-state index in [4.69, 9.17) is 5.73 Å². The normalized spacial score (nSPS) is 18.2. The molecule has 0 bridgehead atoms. The molecule has 1 heterocycles. The molecule has 1 unspecified atom stereocenters. The van der Waals surface area contributed by atoms with Crippen LogP contribution in [-0.4, -0.2) is 31.4 Å². The Balaban J connectivity index is 1.80. The Bertz CT molecular complexity index is 468. The van der Waals surface area contributed by atoms with Gasteiger partial charge >= 0.3 is 0 Å². The van der Waals surface area contributed by atoms with E-state index in [1.54, 1.807) is 18.2 Å². The lowest BCUT2D eigenvalue weighted by Crippen LogP contribution is -2.33. The van der Waals surface area contributed by atoms with Crippen LogP contribution in [0.2, 0.25) is 0 Å². The molecule has 2 amide bonds. The first-order valence-electron chi connectivity index (χ1n) is 6.54. The number of amides is 2. The van der Waals surface area contributed by atoms with Gasteiger partial charge in [-0.15, -0.1) is 0 Å². The Morgan fingerprint density at radius 2 is 2.26 bits per heavy atom. The van der Waals surface area contributed by atoms with Crippen molar-refractivity contribution in [2.24, 2.45) is 11.7 Å². The highest BCUT2D eigenvalue weighted by molar-refractivity contribution is 5.92. The third kappa shape index (κ3) is 3.79. The van der Waals surface area contributed by atoms with E-state index in [1.807, 2.05) is 6.07 Å². The van der Waals surface area contributed by atoms with Crippen molar-refractivity contribution in [3.63, 3.8) is 0 Å². The molecule has 1 aromatic carbocycles. The number of hydrogen-bond acceptors (Lipinski definition) is 3. The lowest BCUT2D eigenvalue weighted by atomic mass is 10.1. The Kier molecular flexibility index (Phi) is 4.52. The Labute approximate surface area is 112 Å². The predicted molar refractivity (Wildman–Crippen MR) is 72.7 cm³/mol. The molecule has 1 aliphatic rings. The first-order valence-corrected chi connectivity index (χ1v) is 6.54. The van der Waals surface area contributed by atoms with Gasteiger partial charge in [0.25, 0.3) is 0 Å². The molecule has 102 valence electrons. The van der Waals surface area contributed by atoms with Gasteiger partial charge in [-0.2, -0.15) is 0 Å². The Hall–Kier alpha value is -1.88.